The molecule has 0 bridgehead atoms. The van der Waals surface area contributed by atoms with Crippen molar-refractivity contribution in [1.29, 1.82) is 0 Å². The fraction of sp³-hybridized carbons (Fsp3) is 0. The zero-order chi connectivity index (χ0) is 100. The van der Waals surface area contributed by atoms with E-state index in [1.807, 2.05) is 352 Å². The van der Waals surface area contributed by atoms with Crippen LogP contribution in [0.25, 0.3) is 184 Å². The van der Waals surface area contributed by atoms with Gasteiger partial charge in [-0.05, 0) is 253 Å². The van der Waals surface area contributed by atoms with Crippen molar-refractivity contribution in [3.63, 3.8) is 0 Å². The average Bonchev–Trinajstić information content (AvgIpc) is 1.62. The number of imidazole rings is 2. The van der Waals surface area contributed by atoms with Crippen molar-refractivity contribution in [3.05, 3.63) is 485 Å². The van der Waals surface area contributed by atoms with Crippen LogP contribution in [-0.2, 0) is 77.9 Å². The number of fused-ring (bicyclic) bond motifs is 7. The van der Waals surface area contributed by atoms with Gasteiger partial charge in [-0.3, -0.25) is 19.1 Å². The first-order chi connectivity index (χ1) is 71.5. The van der Waals surface area contributed by atoms with Gasteiger partial charge in [-0.2, -0.15) is 0 Å². The number of thiazole rings is 4. The smallest absolute Gasteiger partial charge is 0.149 e. The van der Waals surface area contributed by atoms with Crippen molar-refractivity contribution in [3.8, 4) is 156 Å². The standard InChI is InChI=1S/2C19H12FNOS.2C19H14N2O.2C13H9NOS.C11H9NO.C9H7NO.4Zn/c2*20-14-8-5-12(6-9-14)13-7-10-17(22)15(11-13)19-21-16-3-1-2-4-18(16)23-19;2*22-18-13-7-4-10-15(18)19-20-16-11-5-6-12-17(16)21(19)14-8-2-1-3-9-14;2*15-11-7-3-1-5-9(11)13-14-10-6-2-4-8-12(10)16-13;13-11-7-2-1-5-9(11)10-6-3-4-8-12-10;11-8-5-1-3-7-4-2-6-10-9(7)8;;;;/h2*1-11,22H;2*1-13,22H;2*1-8,15H;1-8,13H;1-6,11H;;;;. The van der Waals surface area contributed by atoms with Crippen molar-refractivity contribution >= 4 is 119 Å². The van der Waals surface area contributed by atoms with E-state index in [1.54, 1.807) is 120 Å². The molecule has 26 aromatic rings. The summed E-state index contributed by atoms with van der Waals surface area (Å²) in [6.45, 7) is 0. The second-order valence-electron chi connectivity index (χ2n) is 32.8. The van der Waals surface area contributed by atoms with Crippen LogP contribution in [0.4, 0.5) is 8.78 Å². The van der Waals surface area contributed by atoms with Crippen molar-refractivity contribution < 1.29 is 128 Å². The molecule has 8 N–H and O–H groups in total. The molecular formula is C122H86F2N10O8S4Zn4. The Labute approximate surface area is 928 Å². The Morgan fingerprint density at radius 2 is 0.493 bits per heavy atom. The van der Waals surface area contributed by atoms with E-state index in [9.17, 15) is 49.6 Å². The average molecular weight is 2250 g/mol. The van der Waals surface area contributed by atoms with Gasteiger partial charge < -0.3 is 40.9 Å². The molecule has 26 rings (SSSR count). The summed E-state index contributed by atoms with van der Waals surface area (Å²) in [5, 5.41) is 83.4. The molecule has 0 fully saturated rings. The monoisotopic (exact) mass is 2240 g/mol. The first-order valence-electron chi connectivity index (χ1n) is 46.1. The molecule has 150 heavy (non-hydrogen) atoms. The number of phenolic OH excluding ortho intramolecular Hbond substituents is 8. The fourth-order valence-corrected chi connectivity index (χ4v) is 20.0. The Hall–Kier alpha value is -16.2. The van der Waals surface area contributed by atoms with Crippen molar-refractivity contribution in [2.24, 2.45) is 0 Å². The van der Waals surface area contributed by atoms with Gasteiger partial charge in [-0.15, -0.1) is 45.3 Å². The first-order valence-corrected chi connectivity index (χ1v) is 49.3. The van der Waals surface area contributed by atoms with E-state index in [4.69, 9.17) is 9.97 Å². The van der Waals surface area contributed by atoms with E-state index in [1.165, 1.54) is 46.9 Å². The van der Waals surface area contributed by atoms with Crippen LogP contribution in [-0.4, -0.2) is 89.9 Å². The summed E-state index contributed by atoms with van der Waals surface area (Å²) in [7, 11) is 0. The van der Waals surface area contributed by atoms with Gasteiger partial charge in [0.2, 0.25) is 0 Å². The molecule has 0 atom stereocenters. The molecular weight excluding hydrogens is 2160 g/mol. The van der Waals surface area contributed by atoms with E-state index < -0.39 is 0 Å². The summed E-state index contributed by atoms with van der Waals surface area (Å²) in [4.78, 5) is 35.8. The number of pyridine rings is 2. The van der Waals surface area contributed by atoms with Gasteiger partial charge >= 0.3 is 0 Å². The Bertz CT molecular complexity index is 8450. The first kappa shape index (κ1) is 108. The Balaban J connectivity index is 0.000000129. The van der Waals surface area contributed by atoms with E-state index in [0.717, 1.165) is 167 Å². The summed E-state index contributed by atoms with van der Waals surface area (Å²) >= 11 is 6.27. The third-order valence-electron chi connectivity index (χ3n) is 23.2. The van der Waals surface area contributed by atoms with Crippen molar-refractivity contribution in [2.45, 2.75) is 0 Å². The minimum atomic E-state index is -0.265. The summed E-state index contributed by atoms with van der Waals surface area (Å²) in [6.07, 6.45) is 3.38. The van der Waals surface area contributed by atoms with Gasteiger partial charge in [-0.1, -0.05) is 231 Å². The van der Waals surface area contributed by atoms with Gasteiger partial charge in [-0.25, -0.2) is 38.7 Å². The number of halogens is 2. The molecule has 0 unspecified atom stereocenters. The molecule has 8 heterocycles. The normalized spacial score (nSPS) is 10.5. The minimum Gasteiger partial charge on any atom is -0.507 e. The predicted molar refractivity (Wildman–Crippen MR) is 589 cm³/mol. The molecule has 0 aliphatic heterocycles. The third kappa shape index (κ3) is 25.8. The van der Waals surface area contributed by atoms with Crippen LogP contribution in [0.5, 0.6) is 46.0 Å². The van der Waals surface area contributed by atoms with Crippen LogP contribution in [0.15, 0.2) is 473 Å². The number of phenols is 8. The summed E-state index contributed by atoms with van der Waals surface area (Å²) < 4.78 is 34.7. The topological polar surface area (TPSA) is 275 Å². The molecule has 0 saturated carbocycles. The molecule has 18 nitrogen and oxygen atoms in total. The van der Waals surface area contributed by atoms with Crippen LogP contribution >= 0.6 is 45.3 Å². The van der Waals surface area contributed by atoms with Crippen LogP contribution in [0.1, 0.15) is 0 Å². The van der Waals surface area contributed by atoms with Crippen molar-refractivity contribution in [2.75, 3.05) is 0 Å². The maximum absolute atomic E-state index is 13.1. The molecule has 0 saturated heterocycles. The molecule has 0 spiro atoms. The van der Waals surface area contributed by atoms with Crippen molar-refractivity contribution in [1.82, 2.24) is 49.0 Å². The number of hydrogen-bond acceptors (Lipinski definition) is 20. The molecule has 718 valence electrons. The van der Waals surface area contributed by atoms with Crippen LogP contribution < -0.4 is 0 Å². The second-order valence-corrected chi connectivity index (χ2v) is 36.9. The molecule has 18 aromatic carbocycles. The SMILES string of the molecule is Oc1ccc(-c2ccc(F)cc2)cc1-c1nc2ccccc2s1.Oc1ccc(-c2ccc(F)cc2)cc1-c1nc2ccccc2s1.Oc1cccc2cccnc12.Oc1ccccc1-c1ccccn1.Oc1ccccc1-c1nc2ccccc2n1-c1ccccc1.Oc1ccccc1-c1nc2ccccc2n1-c1ccccc1.Oc1ccccc1-c1nc2ccccc2s1.Oc1ccccc1-c1nc2ccccc2s1.[Zn].[Zn].[Zn].[Zn]. The van der Waals surface area contributed by atoms with Crippen LogP contribution in [0.2, 0.25) is 0 Å². The third-order valence-corrected chi connectivity index (χ3v) is 27.4. The van der Waals surface area contributed by atoms with Crippen LogP contribution in [0, 0.1) is 11.6 Å². The maximum Gasteiger partial charge on any atom is 0.149 e. The fourth-order valence-electron chi connectivity index (χ4n) is 16.0. The summed E-state index contributed by atoms with van der Waals surface area (Å²) in [6, 6.07) is 142. The number of rotatable bonds is 11. The van der Waals surface area contributed by atoms with Gasteiger partial charge in [0.05, 0.1) is 102 Å². The summed E-state index contributed by atoms with van der Waals surface area (Å²) in [5.41, 5.74) is 19.9. The van der Waals surface area contributed by atoms with Crippen LogP contribution in [0.3, 0.4) is 0 Å². The molecule has 0 aliphatic rings. The quantitative estimate of drug-likeness (QED) is 0.0559. The van der Waals surface area contributed by atoms with E-state index in [2.05, 4.69) is 39.0 Å². The van der Waals surface area contributed by atoms with E-state index in [0.29, 0.717) is 16.6 Å². The number of para-hydroxylation sites is 16. The number of aromatic nitrogens is 10. The molecule has 28 heteroatoms. The minimum absolute atomic E-state index is 0. The number of benzene rings is 18. The molecule has 8 aromatic heterocycles. The second kappa shape index (κ2) is 51.4. The number of nitrogens with zero attached hydrogens (tertiary/aromatic N) is 10. The Morgan fingerprint density at radius 3 is 0.847 bits per heavy atom. The van der Waals surface area contributed by atoms with E-state index >= 15 is 0 Å². The van der Waals surface area contributed by atoms with Gasteiger partial charge in [0.25, 0.3) is 0 Å². The number of hydrogen-bond donors (Lipinski definition) is 8. The predicted octanol–water partition coefficient (Wildman–Crippen LogP) is 31.5. The summed E-state index contributed by atoms with van der Waals surface area (Å²) in [5.74, 6) is 2.86. The molecule has 0 aliphatic carbocycles. The largest absolute Gasteiger partial charge is 0.507 e. The van der Waals surface area contributed by atoms with E-state index in [-0.39, 0.29) is 136 Å². The van der Waals surface area contributed by atoms with Gasteiger partial charge in [0, 0.05) is 113 Å². The van der Waals surface area contributed by atoms with Gasteiger partial charge in [0.15, 0.2) is 0 Å². The molecule has 0 amide bonds. The Morgan fingerprint density at radius 1 is 0.207 bits per heavy atom. The van der Waals surface area contributed by atoms with Gasteiger partial charge in [0.1, 0.15) is 94.8 Å². The number of aromatic hydroxyl groups is 8. The maximum atomic E-state index is 13.1. The zero-order valence-corrected chi connectivity index (χ0v) is 95.4. The Kier molecular flexibility index (Phi) is 37.0. The zero-order valence-electron chi connectivity index (χ0n) is 80.3. The molecule has 0 radical (unpaired) electrons.